The van der Waals surface area contributed by atoms with Crippen molar-refractivity contribution in [3.63, 3.8) is 0 Å². The van der Waals surface area contributed by atoms with E-state index in [1.807, 2.05) is 19.9 Å². The third kappa shape index (κ3) is 3.80. The smallest absolute Gasteiger partial charge is 0.265 e. The highest BCUT2D eigenvalue weighted by molar-refractivity contribution is 7.92. The quantitative estimate of drug-likeness (QED) is 0.795. The predicted octanol–water partition coefficient (Wildman–Crippen LogP) is 2.77. The molecule has 8 heteroatoms. The summed E-state index contributed by atoms with van der Waals surface area (Å²) in [7, 11) is -2.64. The van der Waals surface area contributed by atoms with E-state index >= 15 is 0 Å². The lowest BCUT2D eigenvalue weighted by atomic mass is 10.1. The Labute approximate surface area is 158 Å². The van der Waals surface area contributed by atoms with Gasteiger partial charge in [-0.15, -0.1) is 0 Å². The van der Waals surface area contributed by atoms with Crippen molar-refractivity contribution in [3.05, 3.63) is 47.5 Å². The maximum absolute atomic E-state index is 13.0. The molecule has 1 saturated heterocycles. The maximum atomic E-state index is 13.0. The second-order valence-electron chi connectivity index (χ2n) is 6.44. The van der Waals surface area contributed by atoms with Crippen LogP contribution in [0.3, 0.4) is 0 Å². The molecule has 0 spiro atoms. The Morgan fingerprint density at radius 3 is 2.11 bits per heavy atom. The number of anilines is 2. The second-order valence-corrected chi connectivity index (χ2v) is 8.09. The Morgan fingerprint density at radius 2 is 1.56 bits per heavy atom. The van der Waals surface area contributed by atoms with Crippen molar-refractivity contribution in [2.75, 3.05) is 16.7 Å². The van der Waals surface area contributed by atoms with Gasteiger partial charge in [-0.3, -0.25) is 19.2 Å². The monoisotopic (exact) mass is 388 g/mol. The summed E-state index contributed by atoms with van der Waals surface area (Å²) in [6, 6.07) is 9.58. The molecule has 0 radical (unpaired) electrons. The topological polar surface area (TPSA) is 92.8 Å². The van der Waals surface area contributed by atoms with E-state index in [1.165, 1.54) is 25.3 Å². The number of amides is 2. The molecular weight excluding hydrogens is 368 g/mol. The van der Waals surface area contributed by atoms with Crippen LogP contribution in [0.1, 0.15) is 24.0 Å². The molecule has 1 aliphatic rings. The van der Waals surface area contributed by atoms with Crippen molar-refractivity contribution in [2.45, 2.75) is 31.6 Å². The minimum atomic E-state index is -4.00. The van der Waals surface area contributed by atoms with Gasteiger partial charge in [0.1, 0.15) is 10.6 Å². The van der Waals surface area contributed by atoms with E-state index in [4.69, 9.17) is 4.74 Å². The van der Waals surface area contributed by atoms with E-state index in [-0.39, 0.29) is 41.0 Å². The van der Waals surface area contributed by atoms with Crippen molar-refractivity contribution in [2.24, 2.45) is 0 Å². The number of imide groups is 1. The Morgan fingerprint density at radius 1 is 0.963 bits per heavy atom. The zero-order valence-corrected chi connectivity index (χ0v) is 16.1. The van der Waals surface area contributed by atoms with Crippen molar-refractivity contribution in [1.82, 2.24) is 0 Å². The lowest BCUT2D eigenvalue weighted by Crippen LogP contribution is -2.28. The number of rotatable bonds is 5. The summed E-state index contributed by atoms with van der Waals surface area (Å²) in [4.78, 5) is 24.8. The summed E-state index contributed by atoms with van der Waals surface area (Å²) in [5, 5.41) is 0. The van der Waals surface area contributed by atoms with E-state index in [2.05, 4.69) is 4.72 Å². The number of nitrogens with zero attached hydrogens (tertiary/aromatic N) is 1. The van der Waals surface area contributed by atoms with Crippen LogP contribution in [0.2, 0.25) is 0 Å². The summed E-state index contributed by atoms with van der Waals surface area (Å²) in [6.45, 7) is 3.74. The molecule has 1 fully saturated rings. The number of carbonyl (C=O) groups excluding carboxylic acids is 2. The van der Waals surface area contributed by atoms with Crippen molar-refractivity contribution in [1.29, 1.82) is 0 Å². The molecular formula is C19H20N2O5S. The third-order valence-electron chi connectivity index (χ3n) is 4.22. The number of sulfonamides is 1. The molecule has 3 rings (SSSR count). The Bertz CT molecular complexity index is 994. The molecule has 2 amide bonds. The van der Waals surface area contributed by atoms with Crippen LogP contribution < -0.4 is 14.4 Å². The van der Waals surface area contributed by atoms with Gasteiger partial charge in [0.25, 0.3) is 10.0 Å². The number of hydrogen-bond donors (Lipinski definition) is 1. The van der Waals surface area contributed by atoms with E-state index < -0.39 is 10.0 Å². The van der Waals surface area contributed by atoms with Crippen molar-refractivity contribution in [3.8, 4) is 5.75 Å². The molecule has 1 aliphatic heterocycles. The van der Waals surface area contributed by atoms with Crippen LogP contribution in [0.4, 0.5) is 11.4 Å². The van der Waals surface area contributed by atoms with E-state index in [0.717, 1.165) is 16.0 Å². The first-order chi connectivity index (χ1) is 12.7. The van der Waals surface area contributed by atoms with Gasteiger partial charge in [-0.2, -0.15) is 0 Å². The van der Waals surface area contributed by atoms with Crippen LogP contribution in [0.5, 0.6) is 5.75 Å². The first kappa shape index (κ1) is 18.9. The first-order valence-electron chi connectivity index (χ1n) is 8.36. The minimum Gasteiger partial charge on any atom is -0.495 e. The lowest BCUT2D eigenvalue weighted by Gasteiger charge is -2.17. The maximum Gasteiger partial charge on any atom is 0.265 e. The largest absolute Gasteiger partial charge is 0.495 e. The molecule has 2 aromatic rings. The van der Waals surface area contributed by atoms with Crippen LogP contribution in [0, 0.1) is 13.8 Å². The van der Waals surface area contributed by atoms with Gasteiger partial charge < -0.3 is 4.74 Å². The number of nitrogens with one attached hydrogen (secondary N) is 1. The van der Waals surface area contributed by atoms with Gasteiger partial charge in [-0.25, -0.2) is 8.42 Å². The Hall–Kier alpha value is -2.87. The molecule has 7 nitrogen and oxygen atoms in total. The average Bonchev–Trinajstić information content (AvgIpc) is 2.91. The molecule has 142 valence electrons. The summed E-state index contributed by atoms with van der Waals surface area (Å²) >= 11 is 0. The molecule has 0 bridgehead atoms. The van der Waals surface area contributed by atoms with Gasteiger partial charge >= 0.3 is 0 Å². The van der Waals surface area contributed by atoms with Crippen LogP contribution in [0.25, 0.3) is 0 Å². The molecule has 1 N–H and O–H groups in total. The fraction of sp³-hybridized carbons (Fsp3) is 0.263. The standard InChI is InChI=1S/C19H20N2O5S/c1-12-8-13(2)10-14(9-12)20-27(24,25)17-11-15(4-5-16(17)26-3)21-18(22)6-7-19(21)23/h4-5,8-11,20H,6-7H2,1-3H3. The highest BCUT2D eigenvalue weighted by Gasteiger charge is 2.32. The Balaban J connectivity index is 2.04. The van der Waals surface area contributed by atoms with E-state index in [1.54, 1.807) is 12.1 Å². The van der Waals surface area contributed by atoms with Gasteiger partial charge in [0.15, 0.2) is 0 Å². The minimum absolute atomic E-state index is 0.119. The van der Waals surface area contributed by atoms with Gasteiger partial charge in [0.2, 0.25) is 11.8 Å². The van der Waals surface area contributed by atoms with Gasteiger partial charge in [-0.05, 0) is 55.3 Å². The highest BCUT2D eigenvalue weighted by atomic mass is 32.2. The van der Waals surface area contributed by atoms with Crippen molar-refractivity contribution >= 4 is 33.2 Å². The molecule has 27 heavy (non-hydrogen) atoms. The number of ether oxygens (including phenoxy) is 1. The average molecular weight is 388 g/mol. The molecule has 0 aromatic heterocycles. The second kappa shape index (κ2) is 7.03. The molecule has 1 heterocycles. The number of benzene rings is 2. The molecule has 0 aliphatic carbocycles. The lowest BCUT2D eigenvalue weighted by molar-refractivity contribution is -0.121. The number of methoxy groups -OCH3 is 1. The first-order valence-corrected chi connectivity index (χ1v) is 9.84. The van der Waals surface area contributed by atoms with E-state index in [9.17, 15) is 18.0 Å². The zero-order chi connectivity index (χ0) is 19.8. The van der Waals surface area contributed by atoms with Gasteiger partial charge in [0, 0.05) is 18.5 Å². The fourth-order valence-corrected chi connectivity index (χ4v) is 4.35. The number of hydrogen-bond acceptors (Lipinski definition) is 5. The molecule has 0 unspecified atom stereocenters. The van der Waals surface area contributed by atoms with Crippen molar-refractivity contribution < 1.29 is 22.7 Å². The summed E-state index contributed by atoms with van der Waals surface area (Å²) in [5.74, 6) is -0.582. The normalized spacial score (nSPS) is 14.6. The van der Waals surface area contributed by atoms with Crippen LogP contribution in [-0.4, -0.2) is 27.3 Å². The van der Waals surface area contributed by atoms with Crippen LogP contribution in [-0.2, 0) is 19.6 Å². The molecule has 0 saturated carbocycles. The third-order valence-corrected chi connectivity index (χ3v) is 5.62. The van der Waals surface area contributed by atoms with Gasteiger partial charge in [0.05, 0.1) is 12.8 Å². The number of aryl methyl sites for hydroxylation is 2. The fourth-order valence-electron chi connectivity index (χ4n) is 3.12. The molecule has 0 atom stereocenters. The molecule has 2 aromatic carbocycles. The summed E-state index contributed by atoms with van der Waals surface area (Å²) in [5.41, 5.74) is 2.47. The van der Waals surface area contributed by atoms with Gasteiger partial charge in [-0.1, -0.05) is 6.07 Å². The Kier molecular flexibility index (Phi) is 4.93. The predicted molar refractivity (Wildman–Crippen MR) is 101 cm³/mol. The number of carbonyl (C=O) groups is 2. The van der Waals surface area contributed by atoms with E-state index in [0.29, 0.717) is 5.69 Å². The van der Waals surface area contributed by atoms with Crippen LogP contribution in [0.15, 0.2) is 41.3 Å². The SMILES string of the molecule is COc1ccc(N2C(=O)CCC2=O)cc1S(=O)(=O)Nc1cc(C)cc(C)c1. The summed E-state index contributed by atoms with van der Waals surface area (Å²) in [6.07, 6.45) is 0.238. The summed E-state index contributed by atoms with van der Waals surface area (Å²) < 4.78 is 33.6. The van der Waals surface area contributed by atoms with Crippen LogP contribution >= 0.6 is 0 Å². The highest BCUT2D eigenvalue weighted by Crippen LogP contribution is 2.32. The zero-order valence-electron chi connectivity index (χ0n) is 15.3.